The normalized spacial score (nSPS) is 17.5. The number of piperidine rings is 1. The Hall–Kier alpha value is -1.72. The third-order valence-corrected chi connectivity index (χ3v) is 4.39. The predicted molar refractivity (Wildman–Crippen MR) is 107 cm³/mol. The quantitative estimate of drug-likeness (QED) is 0.375. The first-order chi connectivity index (χ1) is 12.0. The van der Waals surface area contributed by atoms with E-state index in [9.17, 15) is 4.79 Å². The van der Waals surface area contributed by atoms with Crippen LogP contribution in [0.2, 0.25) is 0 Å². The van der Waals surface area contributed by atoms with Crippen LogP contribution < -0.4 is 5.73 Å². The van der Waals surface area contributed by atoms with Crippen molar-refractivity contribution in [1.29, 1.82) is 0 Å². The van der Waals surface area contributed by atoms with Crippen molar-refractivity contribution in [3.05, 3.63) is 37.0 Å². The Morgan fingerprint density at radius 2 is 2.08 bits per heavy atom. The molecule has 1 fully saturated rings. The van der Waals surface area contributed by atoms with Crippen molar-refractivity contribution in [3.8, 4) is 0 Å². The number of hydrogen-bond acceptors (Lipinski definition) is 4. The molecule has 0 unspecified atom stereocenters. The lowest BCUT2D eigenvalue weighted by molar-refractivity contribution is -0.133. The van der Waals surface area contributed by atoms with Gasteiger partial charge in [0.05, 0.1) is 12.6 Å². The summed E-state index contributed by atoms with van der Waals surface area (Å²) in [6, 6.07) is 0.0910. The first-order valence-corrected chi connectivity index (χ1v) is 9.17. The van der Waals surface area contributed by atoms with Gasteiger partial charge in [-0.2, -0.15) is 0 Å². The number of amides is 1. The molecule has 1 heterocycles. The maximum atomic E-state index is 12.0. The van der Waals surface area contributed by atoms with Gasteiger partial charge in [-0.05, 0) is 39.2 Å². The molecule has 1 atom stereocenters. The number of rotatable bonds is 10. The zero-order valence-corrected chi connectivity index (χ0v) is 15.9. The highest BCUT2D eigenvalue weighted by atomic mass is 16.2. The summed E-state index contributed by atoms with van der Waals surface area (Å²) in [5.41, 5.74) is 6.73. The van der Waals surface area contributed by atoms with Crippen LogP contribution in [0.4, 0.5) is 0 Å². The fourth-order valence-corrected chi connectivity index (χ4v) is 3.00. The van der Waals surface area contributed by atoms with Crippen LogP contribution in [0, 0.1) is 0 Å². The Morgan fingerprint density at radius 3 is 2.64 bits per heavy atom. The van der Waals surface area contributed by atoms with E-state index in [0.717, 1.165) is 57.6 Å². The number of aliphatic imine (C=N–C) groups is 1. The van der Waals surface area contributed by atoms with Crippen molar-refractivity contribution in [3.63, 3.8) is 0 Å². The Bertz CT molecular complexity index is 488. The van der Waals surface area contributed by atoms with Crippen molar-refractivity contribution in [2.75, 3.05) is 32.7 Å². The van der Waals surface area contributed by atoms with E-state index in [2.05, 4.69) is 23.1 Å². The minimum Gasteiger partial charge on any atom is -0.341 e. The van der Waals surface area contributed by atoms with E-state index in [0.29, 0.717) is 6.04 Å². The molecule has 0 radical (unpaired) electrons. The van der Waals surface area contributed by atoms with Crippen LogP contribution in [0.15, 0.2) is 42.0 Å². The first kappa shape index (κ1) is 21.3. The van der Waals surface area contributed by atoms with E-state index in [1.165, 1.54) is 0 Å². The van der Waals surface area contributed by atoms with Gasteiger partial charge in [-0.15, -0.1) is 6.58 Å². The molecule has 25 heavy (non-hydrogen) atoms. The molecule has 5 nitrogen and oxygen atoms in total. The zero-order chi connectivity index (χ0) is 18.7. The van der Waals surface area contributed by atoms with Crippen molar-refractivity contribution in [2.45, 2.75) is 45.2 Å². The number of hydrogen-bond donors (Lipinski definition) is 1. The van der Waals surface area contributed by atoms with E-state index in [1.807, 2.05) is 36.3 Å². The van der Waals surface area contributed by atoms with Crippen LogP contribution in [-0.2, 0) is 4.79 Å². The summed E-state index contributed by atoms with van der Waals surface area (Å²) in [6.45, 7) is 15.6. The number of likely N-dealkylation sites (tertiary alicyclic amines) is 1. The van der Waals surface area contributed by atoms with Gasteiger partial charge in [0.15, 0.2) is 0 Å². The third kappa shape index (κ3) is 8.27. The maximum absolute atomic E-state index is 12.0. The molecule has 0 bridgehead atoms. The Kier molecular flexibility index (Phi) is 10.0. The number of carbonyl (C=O) groups is 1. The standard InChI is InChI=1S/C20H34N4O/c1-5-6-13-23(16-12-22-11-7-8-17(2)3)19-9-14-24(15-10-19)20(25)18(4)21/h5,7-8,11,18-19H,1-2,6,9-10,12-16,21H2,3-4H3/b8-7-,22-11?/t18-/m0/s1. The predicted octanol–water partition coefficient (Wildman–Crippen LogP) is 2.41. The molecule has 0 aromatic rings. The van der Waals surface area contributed by atoms with E-state index in [1.54, 1.807) is 6.92 Å². The number of allylic oxidation sites excluding steroid dienone is 3. The second-order valence-corrected chi connectivity index (χ2v) is 6.72. The van der Waals surface area contributed by atoms with Gasteiger partial charge in [0.1, 0.15) is 0 Å². The molecular formula is C20H34N4O. The van der Waals surface area contributed by atoms with Crippen molar-refractivity contribution in [1.82, 2.24) is 9.80 Å². The Labute approximate surface area is 153 Å². The zero-order valence-electron chi connectivity index (χ0n) is 15.9. The first-order valence-electron chi connectivity index (χ1n) is 9.17. The van der Waals surface area contributed by atoms with Crippen LogP contribution in [-0.4, -0.2) is 66.7 Å². The van der Waals surface area contributed by atoms with Crippen LogP contribution in [0.3, 0.4) is 0 Å². The summed E-state index contributed by atoms with van der Waals surface area (Å²) >= 11 is 0. The topological polar surface area (TPSA) is 61.9 Å². The highest BCUT2D eigenvalue weighted by Gasteiger charge is 2.27. The van der Waals surface area contributed by atoms with Crippen LogP contribution in [0.25, 0.3) is 0 Å². The van der Waals surface area contributed by atoms with Gasteiger partial charge in [-0.3, -0.25) is 14.7 Å². The summed E-state index contributed by atoms with van der Waals surface area (Å²) in [7, 11) is 0. The second-order valence-electron chi connectivity index (χ2n) is 6.72. The molecule has 0 aromatic heterocycles. The Balaban J connectivity index is 2.48. The average Bonchev–Trinajstić information content (AvgIpc) is 2.59. The van der Waals surface area contributed by atoms with Crippen molar-refractivity contribution >= 4 is 12.1 Å². The average molecular weight is 347 g/mol. The minimum absolute atomic E-state index is 0.0602. The smallest absolute Gasteiger partial charge is 0.239 e. The monoisotopic (exact) mass is 346 g/mol. The number of nitrogens with zero attached hydrogens (tertiary/aromatic N) is 3. The summed E-state index contributed by atoms with van der Waals surface area (Å²) in [5.74, 6) is 0.0602. The van der Waals surface area contributed by atoms with Gasteiger partial charge in [0, 0.05) is 38.4 Å². The van der Waals surface area contributed by atoms with E-state index in [-0.39, 0.29) is 5.91 Å². The fourth-order valence-electron chi connectivity index (χ4n) is 3.00. The highest BCUT2D eigenvalue weighted by molar-refractivity contribution is 5.81. The van der Waals surface area contributed by atoms with Crippen molar-refractivity contribution in [2.24, 2.45) is 10.7 Å². The van der Waals surface area contributed by atoms with Gasteiger partial charge in [-0.1, -0.05) is 24.3 Å². The summed E-state index contributed by atoms with van der Waals surface area (Å²) in [5, 5.41) is 0. The molecule has 1 amide bonds. The molecule has 0 spiro atoms. The summed E-state index contributed by atoms with van der Waals surface area (Å²) in [4.78, 5) is 20.8. The van der Waals surface area contributed by atoms with Crippen LogP contribution >= 0.6 is 0 Å². The van der Waals surface area contributed by atoms with Crippen molar-refractivity contribution < 1.29 is 4.79 Å². The third-order valence-electron chi connectivity index (χ3n) is 4.39. The van der Waals surface area contributed by atoms with Gasteiger partial charge in [-0.25, -0.2) is 0 Å². The van der Waals surface area contributed by atoms with Crippen LogP contribution in [0.1, 0.15) is 33.1 Å². The molecule has 1 saturated heterocycles. The lowest BCUT2D eigenvalue weighted by Gasteiger charge is -2.38. The SMILES string of the molecule is C=CCCN(CCN=C/C=C\C(=C)C)C1CCN(C(=O)[C@H](C)N)CC1. The molecule has 5 heteroatoms. The lowest BCUT2D eigenvalue weighted by Crippen LogP contribution is -2.50. The van der Waals surface area contributed by atoms with Gasteiger partial charge in [0.2, 0.25) is 5.91 Å². The summed E-state index contributed by atoms with van der Waals surface area (Å²) < 4.78 is 0. The van der Waals surface area contributed by atoms with Gasteiger partial charge in [0.25, 0.3) is 0 Å². The minimum atomic E-state index is -0.407. The van der Waals surface area contributed by atoms with Crippen LogP contribution in [0.5, 0.6) is 0 Å². The van der Waals surface area contributed by atoms with E-state index < -0.39 is 6.04 Å². The highest BCUT2D eigenvalue weighted by Crippen LogP contribution is 2.17. The summed E-state index contributed by atoms with van der Waals surface area (Å²) in [6.07, 6.45) is 10.6. The number of carbonyl (C=O) groups excluding carboxylic acids is 1. The number of nitrogens with two attached hydrogens (primary N) is 1. The van der Waals surface area contributed by atoms with Gasteiger partial charge < -0.3 is 10.6 Å². The molecule has 1 rings (SSSR count). The molecule has 1 aliphatic heterocycles. The molecule has 0 aromatic carbocycles. The van der Waals surface area contributed by atoms with E-state index >= 15 is 0 Å². The largest absolute Gasteiger partial charge is 0.341 e. The molecule has 2 N–H and O–H groups in total. The fraction of sp³-hybridized carbons (Fsp3) is 0.600. The molecule has 0 saturated carbocycles. The molecule has 1 aliphatic rings. The molecular weight excluding hydrogens is 312 g/mol. The Morgan fingerprint density at radius 1 is 1.40 bits per heavy atom. The maximum Gasteiger partial charge on any atom is 0.239 e. The van der Waals surface area contributed by atoms with E-state index in [4.69, 9.17) is 5.73 Å². The molecule has 0 aliphatic carbocycles. The van der Waals surface area contributed by atoms with Gasteiger partial charge >= 0.3 is 0 Å². The second kappa shape index (κ2) is 11.8. The molecule has 140 valence electrons. The lowest BCUT2D eigenvalue weighted by atomic mass is 10.0.